The Hall–Kier alpha value is -0.910. The summed E-state index contributed by atoms with van der Waals surface area (Å²) in [4.78, 5) is 13.1. The van der Waals surface area contributed by atoms with Gasteiger partial charge in [-0.1, -0.05) is 20.4 Å². The highest BCUT2D eigenvalue weighted by molar-refractivity contribution is 5.81. The zero-order valence-electron chi connectivity index (χ0n) is 15.0. The van der Waals surface area contributed by atoms with E-state index in [0.717, 1.165) is 31.3 Å². The number of esters is 1. The largest absolute Gasteiger partial charge is 0.461 e. The molecule has 3 aliphatic carbocycles. The van der Waals surface area contributed by atoms with Gasteiger partial charge in [0.2, 0.25) is 0 Å². The van der Waals surface area contributed by atoms with Gasteiger partial charge in [0, 0.05) is 11.3 Å². The highest BCUT2D eigenvalue weighted by Crippen LogP contribution is 2.71. The lowest BCUT2D eigenvalue weighted by Gasteiger charge is -2.62. The van der Waals surface area contributed by atoms with Crippen molar-refractivity contribution in [1.29, 1.82) is 0 Å². The van der Waals surface area contributed by atoms with Gasteiger partial charge in [-0.2, -0.15) is 0 Å². The molecule has 0 aromatic rings. The Morgan fingerprint density at radius 2 is 1.96 bits per heavy atom. The zero-order valence-corrected chi connectivity index (χ0v) is 15.0. The standard InChI is InChI=1S/C20H28O5/c1-10-11-4-5-12-19(8-11,15(10)21)17(23)25-13-6-7-18(2,3)14-16(22)24-9-20(12,13)14/h11-16,21-22H,1,4-9H2,2-3H3/t11-,12-,13+,14-,15-,16-,19+,20-/m1/s1. The SMILES string of the molecule is C=C1[C@@H]2CC[C@@H]3[C@](C2)(C(=O)O[C@H]2CCC(C)(C)[C@H]4[C@H](O)OC[C@@]243)[C@@H]1O. The van der Waals surface area contributed by atoms with Gasteiger partial charge in [0.15, 0.2) is 6.29 Å². The third-order valence-corrected chi connectivity index (χ3v) is 8.51. The van der Waals surface area contributed by atoms with E-state index < -0.39 is 23.2 Å². The van der Waals surface area contributed by atoms with Crippen molar-refractivity contribution in [3.05, 3.63) is 12.2 Å². The Morgan fingerprint density at radius 3 is 2.72 bits per heavy atom. The molecule has 0 aromatic carbocycles. The van der Waals surface area contributed by atoms with E-state index in [1.165, 1.54) is 0 Å². The van der Waals surface area contributed by atoms with Crippen molar-refractivity contribution in [3.8, 4) is 0 Å². The molecule has 5 heteroatoms. The lowest BCUT2D eigenvalue weighted by Crippen LogP contribution is -2.68. The Labute approximate surface area is 148 Å². The molecule has 2 heterocycles. The summed E-state index contributed by atoms with van der Waals surface area (Å²) in [6.07, 6.45) is 2.27. The third kappa shape index (κ3) is 1.64. The second-order valence-corrected chi connectivity index (χ2v) is 9.76. The van der Waals surface area contributed by atoms with Crippen LogP contribution in [0.1, 0.15) is 46.0 Å². The molecule has 5 nitrogen and oxygen atoms in total. The predicted molar refractivity (Wildman–Crippen MR) is 89.2 cm³/mol. The van der Waals surface area contributed by atoms with Gasteiger partial charge in [0.25, 0.3) is 0 Å². The van der Waals surface area contributed by atoms with Gasteiger partial charge in [-0.25, -0.2) is 0 Å². The smallest absolute Gasteiger partial charge is 0.315 e. The van der Waals surface area contributed by atoms with E-state index in [1.54, 1.807) is 0 Å². The molecule has 5 fully saturated rings. The van der Waals surface area contributed by atoms with Gasteiger partial charge in [-0.15, -0.1) is 0 Å². The van der Waals surface area contributed by atoms with Crippen molar-refractivity contribution in [2.75, 3.05) is 6.61 Å². The fourth-order valence-electron chi connectivity index (χ4n) is 7.50. The lowest BCUT2D eigenvalue weighted by molar-refractivity contribution is -0.248. The minimum Gasteiger partial charge on any atom is -0.461 e. The van der Waals surface area contributed by atoms with Gasteiger partial charge in [0.05, 0.1) is 12.7 Å². The number of aliphatic hydroxyl groups is 2. The second kappa shape index (κ2) is 4.68. The molecule has 0 unspecified atom stereocenters. The maximum Gasteiger partial charge on any atom is 0.315 e. The zero-order chi connectivity index (χ0) is 17.8. The molecule has 5 rings (SSSR count). The summed E-state index contributed by atoms with van der Waals surface area (Å²) >= 11 is 0. The predicted octanol–water partition coefficient (Wildman–Crippen LogP) is 2.02. The van der Waals surface area contributed by atoms with Crippen LogP contribution in [-0.2, 0) is 14.3 Å². The Balaban J connectivity index is 1.70. The molecular weight excluding hydrogens is 320 g/mol. The molecule has 2 saturated heterocycles. The van der Waals surface area contributed by atoms with Crippen LogP contribution in [0.3, 0.4) is 0 Å². The molecular formula is C20H28O5. The van der Waals surface area contributed by atoms with Crippen LogP contribution in [0.15, 0.2) is 12.2 Å². The summed E-state index contributed by atoms with van der Waals surface area (Å²) in [6, 6.07) is 0. The normalized spacial score (nSPS) is 56.0. The van der Waals surface area contributed by atoms with Crippen LogP contribution in [0.4, 0.5) is 0 Å². The summed E-state index contributed by atoms with van der Waals surface area (Å²) in [5.41, 5.74) is -0.587. The third-order valence-electron chi connectivity index (χ3n) is 8.51. The van der Waals surface area contributed by atoms with Gasteiger partial charge >= 0.3 is 5.97 Å². The second-order valence-electron chi connectivity index (χ2n) is 9.76. The first-order chi connectivity index (χ1) is 11.7. The average Bonchev–Trinajstić information content (AvgIpc) is 3.01. The van der Waals surface area contributed by atoms with E-state index in [1.807, 2.05) is 0 Å². The van der Waals surface area contributed by atoms with E-state index in [2.05, 4.69) is 20.4 Å². The highest BCUT2D eigenvalue weighted by Gasteiger charge is 2.76. The number of ether oxygens (including phenoxy) is 2. The number of carbonyl (C=O) groups is 1. The van der Waals surface area contributed by atoms with Gasteiger partial charge in [-0.05, 0) is 54.9 Å². The first-order valence-electron chi connectivity index (χ1n) is 9.62. The topological polar surface area (TPSA) is 76.0 Å². The van der Waals surface area contributed by atoms with Crippen molar-refractivity contribution in [1.82, 2.24) is 0 Å². The molecule has 0 aromatic heterocycles. The van der Waals surface area contributed by atoms with Crippen molar-refractivity contribution < 1.29 is 24.5 Å². The van der Waals surface area contributed by atoms with E-state index in [4.69, 9.17) is 9.47 Å². The maximum atomic E-state index is 13.1. The van der Waals surface area contributed by atoms with E-state index >= 15 is 0 Å². The van der Waals surface area contributed by atoms with Crippen LogP contribution in [0.2, 0.25) is 0 Å². The van der Waals surface area contributed by atoms with Crippen molar-refractivity contribution >= 4 is 5.97 Å². The van der Waals surface area contributed by atoms with Gasteiger partial charge < -0.3 is 19.7 Å². The molecule has 0 amide bonds. The monoisotopic (exact) mass is 348 g/mol. The average molecular weight is 348 g/mol. The summed E-state index contributed by atoms with van der Waals surface area (Å²) in [7, 11) is 0. The van der Waals surface area contributed by atoms with E-state index in [9.17, 15) is 15.0 Å². The molecule has 3 saturated carbocycles. The first-order valence-corrected chi connectivity index (χ1v) is 9.62. The van der Waals surface area contributed by atoms with Crippen LogP contribution in [-0.4, -0.2) is 41.3 Å². The first kappa shape index (κ1) is 16.3. The van der Waals surface area contributed by atoms with Crippen LogP contribution >= 0.6 is 0 Å². The minimum absolute atomic E-state index is 0.0153. The molecule has 25 heavy (non-hydrogen) atoms. The van der Waals surface area contributed by atoms with Gasteiger partial charge in [0.1, 0.15) is 11.5 Å². The lowest BCUT2D eigenvalue weighted by atomic mass is 9.44. The number of fused-ring (bicyclic) bond motifs is 1. The summed E-state index contributed by atoms with van der Waals surface area (Å²) in [5, 5.41) is 21.7. The molecule has 8 atom stereocenters. The van der Waals surface area contributed by atoms with Crippen LogP contribution < -0.4 is 0 Å². The number of hydrogen-bond acceptors (Lipinski definition) is 5. The fraction of sp³-hybridized carbons (Fsp3) is 0.850. The molecule has 2 aliphatic heterocycles. The number of hydrogen-bond donors (Lipinski definition) is 2. The number of rotatable bonds is 0. The van der Waals surface area contributed by atoms with E-state index in [-0.39, 0.29) is 35.2 Å². The van der Waals surface area contributed by atoms with Crippen LogP contribution in [0, 0.1) is 34.0 Å². The number of carbonyl (C=O) groups excluding carboxylic acids is 1. The molecule has 2 bridgehead atoms. The van der Waals surface area contributed by atoms with Gasteiger partial charge in [-0.3, -0.25) is 4.79 Å². The minimum atomic E-state index is -0.893. The molecule has 2 N–H and O–H groups in total. The van der Waals surface area contributed by atoms with Crippen molar-refractivity contribution in [2.45, 2.75) is 64.4 Å². The summed E-state index contributed by atoms with van der Waals surface area (Å²) in [5.74, 6) is -0.136. The molecule has 5 aliphatic rings. The molecule has 2 spiro atoms. The Bertz CT molecular complexity index is 656. The molecule has 138 valence electrons. The highest BCUT2D eigenvalue weighted by atomic mass is 16.6. The summed E-state index contributed by atoms with van der Waals surface area (Å²) in [6.45, 7) is 8.88. The van der Waals surface area contributed by atoms with Crippen molar-refractivity contribution in [2.24, 2.45) is 34.0 Å². The molecule has 0 radical (unpaired) electrons. The van der Waals surface area contributed by atoms with Crippen LogP contribution in [0.5, 0.6) is 0 Å². The van der Waals surface area contributed by atoms with Crippen molar-refractivity contribution in [3.63, 3.8) is 0 Å². The maximum absolute atomic E-state index is 13.1. The summed E-state index contributed by atoms with van der Waals surface area (Å²) < 4.78 is 11.8. The Morgan fingerprint density at radius 1 is 1.20 bits per heavy atom. The number of aliphatic hydroxyl groups excluding tert-OH is 2. The fourth-order valence-corrected chi connectivity index (χ4v) is 7.50. The quantitative estimate of drug-likeness (QED) is 0.517. The van der Waals surface area contributed by atoms with E-state index in [0.29, 0.717) is 13.0 Å². The van der Waals surface area contributed by atoms with Crippen LogP contribution in [0.25, 0.3) is 0 Å². The Kier molecular flexibility index (Phi) is 3.04.